The van der Waals surface area contributed by atoms with E-state index in [0.29, 0.717) is 22.6 Å². The van der Waals surface area contributed by atoms with Crippen molar-refractivity contribution >= 4 is 16.8 Å². The monoisotopic (exact) mass is 375 g/mol. The van der Waals surface area contributed by atoms with Crippen LogP contribution in [0.2, 0.25) is 0 Å². The number of carbonyl (C=O) groups is 1. The van der Waals surface area contributed by atoms with Gasteiger partial charge >= 0.3 is 0 Å². The highest BCUT2D eigenvalue weighted by molar-refractivity contribution is 5.77. The molecular weight excluding hydrogens is 358 g/mol. The molecule has 0 saturated carbocycles. The van der Waals surface area contributed by atoms with Gasteiger partial charge in [-0.1, -0.05) is 42.5 Å². The number of nitrogens with one attached hydrogen (secondary N) is 1. The normalized spacial score (nSPS) is 10.9. The molecule has 4 aromatic rings. The quantitative estimate of drug-likeness (QED) is 0.562. The third kappa shape index (κ3) is 3.63. The van der Waals surface area contributed by atoms with Crippen LogP contribution in [-0.2, 0) is 17.9 Å². The van der Waals surface area contributed by atoms with Crippen molar-refractivity contribution in [3.63, 3.8) is 0 Å². The fraction of sp³-hybridized carbons (Fsp3) is 0.158. The zero-order valence-electron chi connectivity index (χ0n) is 15.1. The van der Waals surface area contributed by atoms with Crippen molar-refractivity contribution in [2.24, 2.45) is 0 Å². The number of para-hydroxylation sites is 1. The van der Waals surface area contributed by atoms with Crippen LogP contribution in [0.3, 0.4) is 0 Å². The Labute approximate surface area is 159 Å². The molecule has 4 rings (SSSR count). The molecule has 2 heterocycles. The average Bonchev–Trinajstić information content (AvgIpc) is 3.17. The van der Waals surface area contributed by atoms with E-state index < -0.39 is 0 Å². The zero-order valence-corrected chi connectivity index (χ0v) is 15.1. The summed E-state index contributed by atoms with van der Waals surface area (Å²) >= 11 is 0. The molecule has 9 nitrogen and oxygen atoms in total. The van der Waals surface area contributed by atoms with Gasteiger partial charge in [-0.25, -0.2) is 4.98 Å². The summed E-state index contributed by atoms with van der Waals surface area (Å²) < 4.78 is 0. The first-order valence-electron chi connectivity index (χ1n) is 8.65. The predicted molar refractivity (Wildman–Crippen MR) is 102 cm³/mol. The first-order valence-corrected chi connectivity index (χ1v) is 8.65. The first kappa shape index (κ1) is 17.5. The largest absolute Gasteiger partial charge is 0.337 e. The van der Waals surface area contributed by atoms with Crippen molar-refractivity contribution in [2.75, 3.05) is 7.05 Å². The number of likely N-dealkylation sites (N-methyl/N-ethyl adjacent to an activating group) is 1. The van der Waals surface area contributed by atoms with Gasteiger partial charge in [-0.3, -0.25) is 9.59 Å². The van der Waals surface area contributed by atoms with Crippen LogP contribution in [0.1, 0.15) is 5.82 Å². The molecule has 0 aliphatic carbocycles. The molecule has 1 amide bonds. The highest BCUT2D eigenvalue weighted by Crippen LogP contribution is 2.12. The van der Waals surface area contributed by atoms with Gasteiger partial charge in [-0.15, -0.1) is 10.2 Å². The maximum absolute atomic E-state index is 12.5. The Morgan fingerprint density at radius 1 is 1.11 bits per heavy atom. The number of benzene rings is 2. The van der Waals surface area contributed by atoms with Crippen LogP contribution >= 0.6 is 0 Å². The molecule has 0 aliphatic rings. The van der Waals surface area contributed by atoms with E-state index in [1.807, 2.05) is 36.4 Å². The van der Waals surface area contributed by atoms with Crippen LogP contribution < -0.4 is 5.56 Å². The molecule has 0 bridgehead atoms. The lowest BCUT2D eigenvalue weighted by Gasteiger charge is -2.16. The number of hydrogen-bond acceptors (Lipinski definition) is 6. The van der Waals surface area contributed by atoms with Crippen LogP contribution in [0, 0.1) is 0 Å². The van der Waals surface area contributed by atoms with Gasteiger partial charge in [0.1, 0.15) is 12.4 Å². The van der Waals surface area contributed by atoms with E-state index in [-0.39, 0.29) is 24.6 Å². The van der Waals surface area contributed by atoms with E-state index in [1.165, 1.54) is 9.70 Å². The summed E-state index contributed by atoms with van der Waals surface area (Å²) in [5.74, 6) is 0.639. The lowest BCUT2D eigenvalue weighted by Crippen LogP contribution is -2.32. The van der Waals surface area contributed by atoms with E-state index >= 15 is 0 Å². The Balaban J connectivity index is 1.46. The molecule has 0 unspecified atom stereocenters. The molecule has 0 aliphatic heterocycles. The maximum Gasteiger partial charge on any atom is 0.258 e. The van der Waals surface area contributed by atoms with Gasteiger partial charge in [0.2, 0.25) is 11.7 Å². The van der Waals surface area contributed by atoms with Crippen molar-refractivity contribution in [1.29, 1.82) is 0 Å². The highest BCUT2D eigenvalue weighted by atomic mass is 16.2. The van der Waals surface area contributed by atoms with Crippen molar-refractivity contribution in [1.82, 2.24) is 35.1 Å². The smallest absolute Gasteiger partial charge is 0.258 e. The highest BCUT2D eigenvalue weighted by Gasteiger charge is 2.15. The number of aromatic amines is 1. The Hall–Kier alpha value is -3.88. The summed E-state index contributed by atoms with van der Waals surface area (Å²) in [5.41, 5.74) is 1.19. The molecule has 0 radical (unpaired) electrons. The van der Waals surface area contributed by atoms with Gasteiger partial charge in [-0.2, -0.15) is 4.80 Å². The minimum absolute atomic E-state index is 0.0614. The topological polar surface area (TPSA) is 110 Å². The number of aromatic nitrogens is 6. The molecule has 0 spiro atoms. The predicted octanol–water partition coefficient (Wildman–Crippen LogP) is 1.24. The van der Waals surface area contributed by atoms with E-state index in [9.17, 15) is 9.59 Å². The molecule has 0 fully saturated rings. The molecule has 0 saturated heterocycles. The first-order chi connectivity index (χ1) is 13.6. The Morgan fingerprint density at radius 3 is 2.68 bits per heavy atom. The van der Waals surface area contributed by atoms with Gasteiger partial charge < -0.3 is 9.88 Å². The molecule has 2 aromatic heterocycles. The minimum Gasteiger partial charge on any atom is -0.337 e. The minimum atomic E-state index is -0.230. The third-order valence-electron chi connectivity index (χ3n) is 4.24. The summed E-state index contributed by atoms with van der Waals surface area (Å²) in [6.45, 7) is 0.104. The Bertz CT molecular complexity index is 1180. The lowest BCUT2D eigenvalue weighted by molar-refractivity contribution is -0.131. The van der Waals surface area contributed by atoms with Gasteiger partial charge in [0.05, 0.1) is 17.4 Å². The van der Waals surface area contributed by atoms with Crippen molar-refractivity contribution in [3.05, 3.63) is 70.8 Å². The molecular formula is C19H17N7O2. The summed E-state index contributed by atoms with van der Waals surface area (Å²) in [6, 6.07) is 16.5. The van der Waals surface area contributed by atoms with Gasteiger partial charge in [0, 0.05) is 12.6 Å². The zero-order chi connectivity index (χ0) is 19.5. The summed E-state index contributed by atoms with van der Waals surface area (Å²) in [6.07, 6.45) is 0. The fourth-order valence-corrected chi connectivity index (χ4v) is 2.78. The van der Waals surface area contributed by atoms with Crippen LogP contribution in [-0.4, -0.2) is 48.0 Å². The lowest BCUT2D eigenvalue weighted by atomic mass is 10.2. The van der Waals surface area contributed by atoms with E-state index in [4.69, 9.17) is 0 Å². The van der Waals surface area contributed by atoms with Crippen LogP contribution in [0.5, 0.6) is 0 Å². The number of fused-ring (bicyclic) bond motifs is 1. The van der Waals surface area contributed by atoms with Gasteiger partial charge in [0.15, 0.2) is 0 Å². The number of amides is 1. The average molecular weight is 375 g/mol. The number of hydrogen-bond donors (Lipinski definition) is 1. The number of H-pyrrole nitrogens is 1. The molecule has 0 atom stereocenters. The summed E-state index contributed by atoms with van der Waals surface area (Å²) in [5, 5.41) is 12.7. The van der Waals surface area contributed by atoms with Crippen LogP contribution in [0.4, 0.5) is 0 Å². The van der Waals surface area contributed by atoms with Crippen LogP contribution in [0.15, 0.2) is 59.4 Å². The summed E-state index contributed by atoms with van der Waals surface area (Å²) in [7, 11) is 1.63. The third-order valence-corrected chi connectivity index (χ3v) is 4.24. The molecule has 2 aromatic carbocycles. The van der Waals surface area contributed by atoms with Crippen molar-refractivity contribution in [3.8, 4) is 11.4 Å². The molecule has 9 heteroatoms. The van der Waals surface area contributed by atoms with E-state index in [1.54, 1.807) is 25.2 Å². The van der Waals surface area contributed by atoms with Crippen molar-refractivity contribution in [2.45, 2.75) is 13.1 Å². The van der Waals surface area contributed by atoms with E-state index in [0.717, 1.165) is 5.56 Å². The summed E-state index contributed by atoms with van der Waals surface area (Å²) in [4.78, 5) is 34.5. The molecule has 28 heavy (non-hydrogen) atoms. The second-order valence-corrected chi connectivity index (χ2v) is 6.29. The Morgan fingerprint density at radius 2 is 1.86 bits per heavy atom. The Kier molecular flexibility index (Phi) is 4.63. The van der Waals surface area contributed by atoms with Crippen molar-refractivity contribution < 1.29 is 4.79 Å². The standard InChI is InChI=1S/C19H17N7O2/c1-25(11-16-20-15-10-6-5-9-14(15)19(28)21-16)17(27)12-26-23-18(22-24-26)13-7-3-2-4-8-13/h2-10H,11-12H2,1H3,(H,20,21,28). The van der Waals surface area contributed by atoms with E-state index in [2.05, 4.69) is 25.4 Å². The molecule has 140 valence electrons. The SMILES string of the molecule is CN(Cc1nc2ccccc2c(=O)[nH]1)C(=O)Cn1nnc(-c2ccccc2)n1. The second-order valence-electron chi connectivity index (χ2n) is 6.29. The number of nitrogens with zero attached hydrogens (tertiary/aromatic N) is 6. The number of tetrazole rings is 1. The maximum atomic E-state index is 12.5. The van der Waals surface area contributed by atoms with Gasteiger partial charge in [-0.05, 0) is 17.3 Å². The fourth-order valence-electron chi connectivity index (χ4n) is 2.78. The second kappa shape index (κ2) is 7.39. The number of rotatable bonds is 5. The molecule has 1 N–H and O–H groups in total. The number of carbonyl (C=O) groups excluding carboxylic acids is 1. The van der Waals surface area contributed by atoms with Gasteiger partial charge in [0.25, 0.3) is 5.56 Å². The van der Waals surface area contributed by atoms with Crippen LogP contribution in [0.25, 0.3) is 22.3 Å².